The number of carbonyl (C=O) groups is 3. The Balaban J connectivity index is 1.42. The second kappa shape index (κ2) is 10.5. The van der Waals surface area contributed by atoms with E-state index in [4.69, 9.17) is 14.1 Å². The first-order valence-electron chi connectivity index (χ1n) is 11.7. The lowest BCUT2D eigenvalue weighted by molar-refractivity contribution is -0.136. The van der Waals surface area contributed by atoms with Crippen LogP contribution in [0.3, 0.4) is 0 Å². The predicted octanol–water partition coefficient (Wildman–Crippen LogP) is 3.48. The van der Waals surface area contributed by atoms with Gasteiger partial charge in [-0.1, -0.05) is 38.5 Å². The molecular formula is C26H29N3O5. The first-order valence-corrected chi connectivity index (χ1v) is 11.7. The summed E-state index contributed by atoms with van der Waals surface area (Å²) in [7, 11) is 0. The van der Waals surface area contributed by atoms with Gasteiger partial charge < -0.3 is 19.0 Å². The summed E-state index contributed by atoms with van der Waals surface area (Å²) in [6.07, 6.45) is 3.80. The van der Waals surface area contributed by atoms with Crippen LogP contribution in [-0.4, -0.2) is 65.4 Å². The van der Waals surface area contributed by atoms with Gasteiger partial charge in [0.15, 0.2) is 12.4 Å². The smallest absolute Gasteiger partial charge is 0.339 e. The molecule has 0 radical (unpaired) electrons. The van der Waals surface area contributed by atoms with Gasteiger partial charge >= 0.3 is 5.97 Å². The maximum atomic E-state index is 13.2. The highest BCUT2D eigenvalue weighted by Gasteiger charge is 2.27. The molecule has 3 heterocycles. The summed E-state index contributed by atoms with van der Waals surface area (Å²) in [5, 5.41) is 0.738. The van der Waals surface area contributed by atoms with Gasteiger partial charge in [0.1, 0.15) is 0 Å². The number of furan rings is 1. The van der Waals surface area contributed by atoms with E-state index in [0.29, 0.717) is 38.2 Å². The monoisotopic (exact) mass is 463 g/mol. The van der Waals surface area contributed by atoms with Crippen LogP contribution in [0.1, 0.15) is 52.4 Å². The van der Waals surface area contributed by atoms with Gasteiger partial charge in [0.2, 0.25) is 0 Å². The first kappa shape index (κ1) is 23.5. The van der Waals surface area contributed by atoms with Crippen molar-refractivity contribution in [2.24, 2.45) is 0 Å². The summed E-state index contributed by atoms with van der Waals surface area (Å²) < 4.78 is 10.7. The fraction of sp³-hybridized carbons (Fsp3) is 0.385. The number of ether oxygens (including phenoxy) is 1. The van der Waals surface area contributed by atoms with Crippen LogP contribution in [0.15, 0.2) is 47.1 Å². The molecule has 8 nitrogen and oxygen atoms in total. The quantitative estimate of drug-likeness (QED) is 0.498. The molecule has 2 amide bonds. The number of rotatable bonds is 7. The summed E-state index contributed by atoms with van der Waals surface area (Å²) in [5.74, 6) is -0.688. The Morgan fingerprint density at radius 2 is 1.74 bits per heavy atom. The molecule has 1 fully saturated rings. The third-order valence-electron chi connectivity index (χ3n) is 6.10. The molecule has 4 rings (SSSR count). The van der Waals surface area contributed by atoms with E-state index in [9.17, 15) is 14.4 Å². The molecule has 8 heteroatoms. The number of carbonyl (C=O) groups excluding carboxylic acids is 3. The average molecular weight is 464 g/mol. The Labute approximate surface area is 198 Å². The highest BCUT2D eigenvalue weighted by molar-refractivity contribution is 6.05. The minimum Gasteiger partial charge on any atom is -0.459 e. The standard InChI is InChI=1S/C26H29N3O5/c1-3-8-20-18(4-2)24(19-9-5-6-10-21(19)27-20)26(32)34-17-23(30)28-12-14-29(15-13-28)25(31)22-11-7-16-33-22/h5-7,9-11,16H,3-4,8,12-15,17H2,1-2H3. The lowest BCUT2D eigenvalue weighted by Crippen LogP contribution is -2.51. The van der Waals surface area contributed by atoms with Gasteiger partial charge in [-0.3, -0.25) is 14.6 Å². The number of pyridine rings is 1. The molecule has 0 atom stereocenters. The van der Waals surface area contributed by atoms with Gasteiger partial charge in [-0.05, 0) is 36.6 Å². The van der Waals surface area contributed by atoms with Crippen molar-refractivity contribution in [3.63, 3.8) is 0 Å². The minimum absolute atomic E-state index is 0.192. The zero-order chi connectivity index (χ0) is 24.1. The van der Waals surface area contributed by atoms with Crippen LogP contribution >= 0.6 is 0 Å². The van der Waals surface area contributed by atoms with Crippen LogP contribution in [0.4, 0.5) is 0 Å². The van der Waals surface area contributed by atoms with Crippen molar-refractivity contribution in [1.82, 2.24) is 14.8 Å². The number of aryl methyl sites for hydroxylation is 1. The molecule has 2 aromatic heterocycles. The highest BCUT2D eigenvalue weighted by Crippen LogP contribution is 2.26. The predicted molar refractivity (Wildman–Crippen MR) is 127 cm³/mol. The van der Waals surface area contributed by atoms with Crippen molar-refractivity contribution in [3.8, 4) is 0 Å². The van der Waals surface area contributed by atoms with E-state index in [-0.39, 0.29) is 24.2 Å². The number of benzene rings is 1. The Bertz CT molecular complexity index is 1180. The largest absolute Gasteiger partial charge is 0.459 e. The number of hydrogen-bond acceptors (Lipinski definition) is 6. The second-order valence-corrected chi connectivity index (χ2v) is 8.26. The van der Waals surface area contributed by atoms with Gasteiger partial charge in [-0.15, -0.1) is 0 Å². The summed E-state index contributed by atoms with van der Waals surface area (Å²) in [6.45, 7) is 5.28. The molecule has 0 aliphatic carbocycles. The van der Waals surface area contributed by atoms with Crippen LogP contribution in [0, 0.1) is 0 Å². The normalized spacial score (nSPS) is 13.8. The molecule has 0 unspecified atom stereocenters. The number of esters is 1. The van der Waals surface area contributed by atoms with Gasteiger partial charge in [0.25, 0.3) is 11.8 Å². The number of aromatic nitrogens is 1. The van der Waals surface area contributed by atoms with Gasteiger partial charge in [-0.25, -0.2) is 4.79 Å². The van der Waals surface area contributed by atoms with E-state index in [1.807, 2.05) is 31.2 Å². The molecule has 0 spiro atoms. The SMILES string of the molecule is CCCc1nc2ccccc2c(C(=O)OCC(=O)N2CCN(C(=O)c3ccco3)CC2)c1CC. The molecule has 0 N–H and O–H groups in total. The van der Waals surface area contributed by atoms with Crippen molar-refractivity contribution in [2.75, 3.05) is 32.8 Å². The fourth-order valence-corrected chi connectivity index (χ4v) is 4.37. The Hall–Kier alpha value is -3.68. The zero-order valence-corrected chi connectivity index (χ0v) is 19.6. The lowest BCUT2D eigenvalue weighted by Gasteiger charge is -2.34. The molecule has 0 bridgehead atoms. The minimum atomic E-state index is -0.507. The molecule has 1 aliphatic rings. The number of para-hydroxylation sites is 1. The van der Waals surface area contributed by atoms with Gasteiger partial charge in [0.05, 0.1) is 17.3 Å². The molecule has 3 aromatic rings. The second-order valence-electron chi connectivity index (χ2n) is 8.26. The van der Waals surface area contributed by atoms with E-state index in [0.717, 1.165) is 35.0 Å². The van der Waals surface area contributed by atoms with E-state index in [1.165, 1.54) is 6.26 Å². The molecule has 34 heavy (non-hydrogen) atoms. The Kier molecular flexibility index (Phi) is 7.25. The number of piperazine rings is 1. The van der Waals surface area contributed by atoms with Crippen molar-refractivity contribution in [3.05, 3.63) is 65.2 Å². The first-order chi connectivity index (χ1) is 16.5. The summed E-state index contributed by atoms with van der Waals surface area (Å²) in [4.78, 5) is 46.4. The van der Waals surface area contributed by atoms with Crippen LogP contribution < -0.4 is 0 Å². The Morgan fingerprint density at radius 3 is 2.41 bits per heavy atom. The highest BCUT2D eigenvalue weighted by atomic mass is 16.5. The van der Waals surface area contributed by atoms with E-state index in [2.05, 4.69) is 6.92 Å². The molecule has 1 saturated heterocycles. The third kappa shape index (κ3) is 4.81. The van der Waals surface area contributed by atoms with Crippen LogP contribution in [0.5, 0.6) is 0 Å². The summed E-state index contributed by atoms with van der Waals surface area (Å²) >= 11 is 0. The topological polar surface area (TPSA) is 93.0 Å². The summed E-state index contributed by atoms with van der Waals surface area (Å²) in [5.41, 5.74) is 3.03. The molecular weight excluding hydrogens is 434 g/mol. The molecule has 1 aliphatic heterocycles. The lowest BCUT2D eigenvalue weighted by atomic mass is 9.96. The Morgan fingerprint density at radius 1 is 1.00 bits per heavy atom. The third-order valence-corrected chi connectivity index (χ3v) is 6.10. The van der Waals surface area contributed by atoms with Gasteiger partial charge in [0, 0.05) is 37.3 Å². The van der Waals surface area contributed by atoms with Crippen LogP contribution in [0.2, 0.25) is 0 Å². The van der Waals surface area contributed by atoms with Gasteiger partial charge in [-0.2, -0.15) is 0 Å². The molecule has 178 valence electrons. The van der Waals surface area contributed by atoms with Crippen molar-refractivity contribution < 1.29 is 23.5 Å². The van der Waals surface area contributed by atoms with Crippen molar-refractivity contribution in [1.29, 1.82) is 0 Å². The maximum Gasteiger partial charge on any atom is 0.339 e. The number of amides is 2. The average Bonchev–Trinajstić information content (AvgIpc) is 3.41. The summed E-state index contributed by atoms with van der Waals surface area (Å²) in [6, 6.07) is 10.8. The van der Waals surface area contributed by atoms with Crippen molar-refractivity contribution in [2.45, 2.75) is 33.1 Å². The van der Waals surface area contributed by atoms with Crippen LogP contribution in [0.25, 0.3) is 10.9 Å². The zero-order valence-electron chi connectivity index (χ0n) is 19.6. The molecule has 1 aromatic carbocycles. The van der Waals surface area contributed by atoms with E-state index in [1.54, 1.807) is 21.9 Å². The number of fused-ring (bicyclic) bond motifs is 1. The number of hydrogen-bond donors (Lipinski definition) is 0. The van der Waals surface area contributed by atoms with Crippen molar-refractivity contribution >= 4 is 28.7 Å². The number of nitrogens with zero attached hydrogens (tertiary/aromatic N) is 3. The maximum absolute atomic E-state index is 13.2. The van der Waals surface area contributed by atoms with Crippen LogP contribution in [-0.2, 0) is 22.4 Å². The fourth-order valence-electron chi connectivity index (χ4n) is 4.37. The molecule has 0 saturated carbocycles. The van der Waals surface area contributed by atoms with E-state index >= 15 is 0 Å². The van der Waals surface area contributed by atoms with E-state index < -0.39 is 5.97 Å².